The van der Waals surface area contributed by atoms with Crippen LogP contribution in [0.1, 0.15) is 35.8 Å². The molecule has 2 fully saturated rings. The summed E-state index contributed by atoms with van der Waals surface area (Å²) in [5.74, 6) is 0.0417. The second-order valence-electron chi connectivity index (χ2n) is 7.55. The molecule has 2 amide bonds. The molecule has 8 nitrogen and oxygen atoms in total. The molecule has 3 heterocycles. The number of nitrogens with two attached hydrogens (primary N) is 1. The molecule has 2 atom stereocenters. The molecule has 0 bridgehead atoms. The molecular weight excluding hydrogens is 358 g/mol. The molecule has 0 unspecified atom stereocenters. The zero-order chi connectivity index (χ0) is 20.1. The minimum absolute atomic E-state index is 0.139. The summed E-state index contributed by atoms with van der Waals surface area (Å²) in [4.78, 5) is 36.7. The Morgan fingerprint density at radius 2 is 2.07 bits per heavy atom. The fraction of sp³-hybridized carbons (Fsp3) is 0.400. The molecule has 0 radical (unpaired) electrons. The molecule has 0 spiro atoms. The van der Waals surface area contributed by atoms with Crippen molar-refractivity contribution in [1.82, 2.24) is 14.9 Å². The Hall–Kier alpha value is -3.00. The maximum Gasteiger partial charge on any atom is 0.267 e. The van der Waals surface area contributed by atoms with E-state index in [9.17, 15) is 14.7 Å². The molecule has 146 valence electrons. The monoisotopic (exact) mass is 381 g/mol. The number of rotatable bonds is 4. The quantitative estimate of drug-likeness (QED) is 0.813. The van der Waals surface area contributed by atoms with Gasteiger partial charge in [0.1, 0.15) is 11.5 Å². The highest BCUT2D eigenvalue weighted by atomic mass is 16.3. The van der Waals surface area contributed by atoms with E-state index >= 15 is 0 Å². The number of likely N-dealkylation sites (N-methyl/N-ethyl adjacent to an activating group) is 1. The molecule has 0 saturated carbocycles. The average Bonchev–Trinajstić information content (AvgIpc) is 2.95. The maximum atomic E-state index is 12.4. The van der Waals surface area contributed by atoms with E-state index in [1.165, 1.54) is 4.90 Å². The van der Waals surface area contributed by atoms with Crippen LogP contribution in [0.2, 0.25) is 0 Å². The van der Waals surface area contributed by atoms with Crippen LogP contribution in [0, 0.1) is 0 Å². The molecule has 2 aliphatic rings. The highest BCUT2D eigenvalue weighted by molar-refractivity contribution is 5.92. The van der Waals surface area contributed by atoms with Crippen LogP contribution in [0.25, 0.3) is 11.4 Å². The third-order valence-electron chi connectivity index (χ3n) is 5.69. The number of hydrogen-bond donors (Lipinski definition) is 2. The number of carbonyl (C=O) groups is 2. The van der Waals surface area contributed by atoms with E-state index in [0.29, 0.717) is 41.8 Å². The summed E-state index contributed by atoms with van der Waals surface area (Å²) in [5, 5.41) is 10.9. The van der Waals surface area contributed by atoms with Crippen LogP contribution in [-0.2, 0) is 10.4 Å². The zero-order valence-corrected chi connectivity index (χ0v) is 15.9. The van der Waals surface area contributed by atoms with Crippen molar-refractivity contribution in [1.29, 1.82) is 0 Å². The van der Waals surface area contributed by atoms with Crippen molar-refractivity contribution in [3.63, 3.8) is 0 Å². The van der Waals surface area contributed by atoms with Gasteiger partial charge in [-0.3, -0.25) is 9.59 Å². The van der Waals surface area contributed by atoms with E-state index < -0.39 is 11.5 Å². The second kappa shape index (κ2) is 6.56. The van der Waals surface area contributed by atoms with Crippen LogP contribution in [0.5, 0.6) is 0 Å². The number of nitrogens with zero attached hydrogens (tertiary/aromatic N) is 4. The van der Waals surface area contributed by atoms with E-state index in [1.807, 2.05) is 0 Å². The number of aliphatic hydroxyl groups is 1. The molecule has 28 heavy (non-hydrogen) atoms. The van der Waals surface area contributed by atoms with Crippen molar-refractivity contribution in [2.45, 2.75) is 31.4 Å². The fourth-order valence-corrected chi connectivity index (χ4v) is 3.73. The lowest BCUT2D eigenvalue weighted by molar-refractivity contribution is -0.143. The van der Waals surface area contributed by atoms with E-state index in [4.69, 9.17) is 5.73 Å². The molecule has 1 aromatic heterocycles. The van der Waals surface area contributed by atoms with Crippen LogP contribution in [-0.4, -0.2) is 58.0 Å². The zero-order valence-electron chi connectivity index (χ0n) is 15.9. The molecule has 2 saturated heterocycles. The Labute approximate surface area is 163 Å². The first-order valence-electron chi connectivity index (χ1n) is 9.34. The predicted molar refractivity (Wildman–Crippen MR) is 104 cm³/mol. The van der Waals surface area contributed by atoms with Crippen LogP contribution in [0.3, 0.4) is 0 Å². The molecule has 4 rings (SSSR count). The molecule has 8 heteroatoms. The van der Waals surface area contributed by atoms with Gasteiger partial charge in [-0.25, -0.2) is 9.97 Å². The first-order chi connectivity index (χ1) is 13.3. The standard InChI is InChI=1S/C20H23N5O3/c1-12-6-8-25(12)16-11-15(17(21)26)22-18(23-16)13-4-3-5-14(10-13)20(28)7-9-24(2)19(20)27/h3-5,10-12,28H,6-9H2,1-2H3,(H2,21,26)/t12-,20+/m0/s1. The topological polar surface area (TPSA) is 113 Å². The molecule has 3 N–H and O–H groups in total. The van der Waals surface area contributed by atoms with Gasteiger partial charge in [-0.2, -0.15) is 0 Å². The van der Waals surface area contributed by atoms with Gasteiger partial charge in [0.2, 0.25) is 0 Å². The van der Waals surface area contributed by atoms with Gasteiger partial charge in [0.05, 0.1) is 0 Å². The average molecular weight is 381 g/mol. The Balaban J connectivity index is 1.77. The minimum Gasteiger partial charge on any atom is -0.375 e. The van der Waals surface area contributed by atoms with Crippen LogP contribution < -0.4 is 10.6 Å². The van der Waals surface area contributed by atoms with Crippen molar-refractivity contribution in [2.24, 2.45) is 5.73 Å². The Kier molecular flexibility index (Phi) is 4.30. The number of aromatic nitrogens is 2. The third-order valence-corrected chi connectivity index (χ3v) is 5.69. The van der Waals surface area contributed by atoms with Gasteiger partial charge >= 0.3 is 0 Å². The SMILES string of the molecule is C[C@H]1CCN1c1cc(C(N)=O)nc(-c2cccc([C@]3(O)CCN(C)C3=O)c2)n1. The van der Waals surface area contributed by atoms with Gasteiger partial charge in [-0.15, -0.1) is 0 Å². The molecular formula is C20H23N5O3. The summed E-state index contributed by atoms with van der Waals surface area (Å²) in [6, 6.07) is 8.91. The van der Waals surface area contributed by atoms with E-state index in [0.717, 1.165) is 13.0 Å². The van der Waals surface area contributed by atoms with Gasteiger partial charge in [0.15, 0.2) is 11.4 Å². The van der Waals surface area contributed by atoms with Crippen LogP contribution >= 0.6 is 0 Å². The summed E-state index contributed by atoms with van der Waals surface area (Å²) in [6.07, 6.45) is 1.38. The normalized spacial score (nSPS) is 24.4. The lowest BCUT2D eigenvalue weighted by atomic mass is 9.91. The number of benzene rings is 1. The van der Waals surface area contributed by atoms with Gasteiger partial charge in [-0.05, 0) is 25.0 Å². The van der Waals surface area contributed by atoms with E-state index in [1.54, 1.807) is 37.4 Å². The Morgan fingerprint density at radius 1 is 1.29 bits per heavy atom. The number of carbonyl (C=O) groups excluding carboxylic acids is 2. The summed E-state index contributed by atoms with van der Waals surface area (Å²) in [7, 11) is 1.67. The lowest BCUT2D eigenvalue weighted by Gasteiger charge is -2.39. The molecule has 2 aromatic rings. The summed E-state index contributed by atoms with van der Waals surface area (Å²) in [5.41, 5.74) is 5.16. The highest BCUT2D eigenvalue weighted by Crippen LogP contribution is 2.34. The first kappa shape index (κ1) is 18.4. The van der Waals surface area contributed by atoms with Gasteiger partial charge in [0, 0.05) is 44.2 Å². The first-order valence-corrected chi connectivity index (χ1v) is 9.34. The van der Waals surface area contributed by atoms with Crippen LogP contribution in [0.4, 0.5) is 5.82 Å². The van der Waals surface area contributed by atoms with Gasteiger partial charge in [-0.1, -0.05) is 18.2 Å². The van der Waals surface area contributed by atoms with E-state index in [2.05, 4.69) is 21.8 Å². The van der Waals surface area contributed by atoms with E-state index in [-0.39, 0.29) is 11.6 Å². The summed E-state index contributed by atoms with van der Waals surface area (Å²) < 4.78 is 0. The molecule has 1 aromatic carbocycles. The largest absolute Gasteiger partial charge is 0.375 e. The predicted octanol–water partition coefficient (Wildman–Crippen LogP) is 0.891. The molecule has 0 aliphatic carbocycles. The maximum absolute atomic E-state index is 12.4. The number of primary amides is 1. The number of anilines is 1. The second-order valence-corrected chi connectivity index (χ2v) is 7.55. The number of amides is 2. The Bertz CT molecular complexity index is 963. The molecule has 2 aliphatic heterocycles. The highest BCUT2D eigenvalue weighted by Gasteiger charge is 2.45. The van der Waals surface area contributed by atoms with Gasteiger partial charge < -0.3 is 20.6 Å². The van der Waals surface area contributed by atoms with Gasteiger partial charge in [0.25, 0.3) is 11.8 Å². The minimum atomic E-state index is -1.55. The summed E-state index contributed by atoms with van der Waals surface area (Å²) in [6.45, 7) is 3.44. The lowest BCUT2D eigenvalue weighted by Crippen LogP contribution is -2.46. The third kappa shape index (κ3) is 2.90. The summed E-state index contributed by atoms with van der Waals surface area (Å²) >= 11 is 0. The van der Waals surface area contributed by atoms with Crippen molar-refractivity contribution in [2.75, 3.05) is 25.0 Å². The smallest absolute Gasteiger partial charge is 0.267 e. The van der Waals surface area contributed by atoms with Crippen molar-refractivity contribution >= 4 is 17.6 Å². The van der Waals surface area contributed by atoms with Crippen molar-refractivity contribution < 1.29 is 14.7 Å². The van der Waals surface area contributed by atoms with Crippen molar-refractivity contribution in [3.05, 3.63) is 41.6 Å². The van der Waals surface area contributed by atoms with Crippen molar-refractivity contribution in [3.8, 4) is 11.4 Å². The number of likely N-dealkylation sites (tertiary alicyclic amines) is 1. The number of hydrogen-bond acceptors (Lipinski definition) is 6. The Morgan fingerprint density at radius 3 is 2.64 bits per heavy atom. The fourth-order valence-electron chi connectivity index (χ4n) is 3.73. The van der Waals surface area contributed by atoms with Crippen LogP contribution in [0.15, 0.2) is 30.3 Å².